The highest BCUT2D eigenvalue weighted by atomic mass is 35.5. The molecular formula is C10H12ClNO4S. The molecule has 5 nitrogen and oxygen atoms in total. The largest absolute Gasteiger partial charge is 0.478 e. The van der Waals surface area contributed by atoms with Gasteiger partial charge in [0.2, 0.25) is 10.0 Å². The van der Waals surface area contributed by atoms with E-state index in [9.17, 15) is 13.2 Å². The zero-order valence-electron chi connectivity index (χ0n) is 9.10. The molecule has 1 aromatic rings. The van der Waals surface area contributed by atoms with Gasteiger partial charge in [0.05, 0.1) is 10.6 Å². The van der Waals surface area contributed by atoms with E-state index in [1.807, 2.05) is 6.92 Å². The first-order chi connectivity index (χ1) is 7.88. The predicted molar refractivity (Wildman–Crippen MR) is 63.9 cm³/mol. The highest BCUT2D eigenvalue weighted by Gasteiger charge is 2.18. The van der Waals surface area contributed by atoms with Gasteiger partial charge in [0, 0.05) is 6.54 Å². The number of aromatic carboxylic acids is 1. The number of hydrogen-bond acceptors (Lipinski definition) is 3. The summed E-state index contributed by atoms with van der Waals surface area (Å²) in [6.45, 7) is 2.14. The van der Waals surface area contributed by atoms with Crippen LogP contribution >= 0.6 is 11.6 Å². The molecule has 0 fully saturated rings. The molecule has 0 aromatic heterocycles. The van der Waals surface area contributed by atoms with Crippen LogP contribution in [-0.4, -0.2) is 26.0 Å². The van der Waals surface area contributed by atoms with Crippen molar-refractivity contribution in [3.05, 3.63) is 28.8 Å². The third kappa shape index (κ3) is 3.42. The molecule has 0 radical (unpaired) electrons. The summed E-state index contributed by atoms with van der Waals surface area (Å²) in [7, 11) is -3.67. The minimum absolute atomic E-state index is 0.0514. The lowest BCUT2D eigenvalue weighted by Crippen LogP contribution is -2.24. The molecule has 0 aliphatic heterocycles. The van der Waals surface area contributed by atoms with E-state index in [1.165, 1.54) is 12.1 Å². The fraction of sp³-hybridized carbons (Fsp3) is 0.300. The number of hydrogen-bond donors (Lipinski definition) is 2. The van der Waals surface area contributed by atoms with Crippen LogP contribution in [0.15, 0.2) is 23.1 Å². The van der Waals surface area contributed by atoms with Crippen LogP contribution in [0.5, 0.6) is 0 Å². The molecule has 0 amide bonds. The number of carbonyl (C=O) groups is 1. The smallest absolute Gasteiger partial charge is 0.335 e. The summed E-state index contributed by atoms with van der Waals surface area (Å²) in [4.78, 5) is 10.5. The number of rotatable bonds is 5. The van der Waals surface area contributed by atoms with Crippen molar-refractivity contribution in [2.45, 2.75) is 18.2 Å². The van der Waals surface area contributed by atoms with E-state index >= 15 is 0 Å². The third-order valence-electron chi connectivity index (χ3n) is 2.01. The molecule has 0 spiro atoms. The summed E-state index contributed by atoms with van der Waals surface area (Å²) in [5.74, 6) is -1.16. The molecule has 0 saturated heterocycles. The summed E-state index contributed by atoms with van der Waals surface area (Å²) in [5.41, 5.74) is -0.0514. The van der Waals surface area contributed by atoms with Crippen molar-refractivity contribution in [1.82, 2.24) is 4.72 Å². The molecule has 17 heavy (non-hydrogen) atoms. The van der Waals surface area contributed by atoms with Gasteiger partial charge in [-0.15, -0.1) is 0 Å². The Balaban J connectivity index is 3.12. The Hall–Kier alpha value is -1.11. The first-order valence-corrected chi connectivity index (χ1v) is 6.77. The van der Waals surface area contributed by atoms with E-state index in [0.29, 0.717) is 13.0 Å². The molecule has 0 atom stereocenters. The van der Waals surface area contributed by atoms with Gasteiger partial charge in [-0.2, -0.15) is 0 Å². The topological polar surface area (TPSA) is 83.5 Å². The average molecular weight is 278 g/mol. The van der Waals surface area contributed by atoms with Crippen LogP contribution in [-0.2, 0) is 10.0 Å². The zero-order chi connectivity index (χ0) is 13.1. The normalized spacial score (nSPS) is 11.4. The lowest BCUT2D eigenvalue weighted by molar-refractivity contribution is 0.0696. The summed E-state index contributed by atoms with van der Waals surface area (Å²) >= 11 is 5.75. The van der Waals surface area contributed by atoms with Gasteiger partial charge in [-0.3, -0.25) is 0 Å². The number of halogens is 1. The molecule has 0 bridgehead atoms. The van der Waals surface area contributed by atoms with E-state index in [2.05, 4.69) is 4.72 Å². The lowest BCUT2D eigenvalue weighted by Gasteiger charge is -2.07. The molecular weight excluding hydrogens is 266 g/mol. The number of carboxylic acid groups (broad SMARTS) is 1. The van der Waals surface area contributed by atoms with E-state index in [-0.39, 0.29) is 15.5 Å². The van der Waals surface area contributed by atoms with Gasteiger partial charge in [-0.25, -0.2) is 17.9 Å². The molecule has 0 heterocycles. The average Bonchev–Trinajstić information content (AvgIpc) is 2.25. The zero-order valence-corrected chi connectivity index (χ0v) is 10.7. The van der Waals surface area contributed by atoms with Crippen LogP contribution in [0, 0.1) is 0 Å². The first-order valence-electron chi connectivity index (χ1n) is 4.91. The van der Waals surface area contributed by atoms with Gasteiger partial charge in [0.1, 0.15) is 4.90 Å². The number of carboxylic acids is 1. The monoisotopic (exact) mass is 277 g/mol. The van der Waals surface area contributed by atoms with E-state index in [0.717, 1.165) is 6.07 Å². The van der Waals surface area contributed by atoms with Crippen LogP contribution in [0.3, 0.4) is 0 Å². The number of sulfonamides is 1. The minimum atomic E-state index is -3.67. The van der Waals surface area contributed by atoms with Crippen molar-refractivity contribution in [2.75, 3.05) is 6.54 Å². The summed E-state index contributed by atoms with van der Waals surface area (Å²) in [6.07, 6.45) is 0.657. The van der Waals surface area contributed by atoms with Gasteiger partial charge >= 0.3 is 5.97 Å². The fourth-order valence-electron chi connectivity index (χ4n) is 1.17. The van der Waals surface area contributed by atoms with Crippen molar-refractivity contribution >= 4 is 27.6 Å². The fourth-order valence-corrected chi connectivity index (χ4v) is 2.84. The molecule has 0 saturated carbocycles. The summed E-state index contributed by atoms with van der Waals surface area (Å²) in [5, 5.41) is 8.62. The van der Waals surface area contributed by atoms with Crippen molar-refractivity contribution in [2.24, 2.45) is 0 Å². The SMILES string of the molecule is CCCNS(=O)(=O)c1ccc(C(=O)O)cc1Cl. The Morgan fingerprint density at radius 3 is 2.59 bits per heavy atom. The molecule has 94 valence electrons. The Bertz CT molecular complexity index is 527. The molecule has 0 aliphatic rings. The Kier molecular flexibility index (Phi) is 4.50. The van der Waals surface area contributed by atoms with Crippen molar-refractivity contribution in [3.8, 4) is 0 Å². The second-order valence-corrected chi connectivity index (χ2v) is 5.49. The Morgan fingerprint density at radius 1 is 1.47 bits per heavy atom. The minimum Gasteiger partial charge on any atom is -0.478 e. The quantitative estimate of drug-likeness (QED) is 0.858. The maximum Gasteiger partial charge on any atom is 0.335 e. The van der Waals surface area contributed by atoms with E-state index in [1.54, 1.807) is 0 Å². The second-order valence-electron chi connectivity index (χ2n) is 3.35. The molecule has 0 unspecified atom stereocenters. The van der Waals surface area contributed by atoms with Gasteiger partial charge in [-0.1, -0.05) is 18.5 Å². The summed E-state index contributed by atoms with van der Waals surface area (Å²) in [6, 6.07) is 3.50. The Morgan fingerprint density at radius 2 is 2.12 bits per heavy atom. The maximum absolute atomic E-state index is 11.8. The third-order valence-corrected chi connectivity index (χ3v) is 3.95. The van der Waals surface area contributed by atoms with Crippen molar-refractivity contribution in [3.63, 3.8) is 0 Å². The first kappa shape index (κ1) is 14.0. The lowest BCUT2D eigenvalue weighted by atomic mass is 10.2. The van der Waals surface area contributed by atoms with Crippen LogP contribution in [0.1, 0.15) is 23.7 Å². The van der Waals surface area contributed by atoms with Crippen LogP contribution in [0.25, 0.3) is 0 Å². The van der Waals surface area contributed by atoms with Gasteiger partial charge in [-0.05, 0) is 24.6 Å². The molecule has 1 aromatic carbocycles. The van der Waals surface area contributed by atoms with Crippen molar-refractivity contribution < 1.29 is 18.3 Å². The van der Waals surface area contributed by atoms with Crippen molar-refractivity contribution in [1.29, 1.82) is 0 Å². The van der Waals surface area contributed by atoms with Crippen LogP contribution < -0.4 is 4.72 Å². The van der Waals surface area contributed by atoms with Gasteiger partial charge in [0.25, 0.3) is 0 Å². The molecule has 1 rings (SSSR count). The highest BCUT2D eigenvalue weighted by Crippen LogP contribution is 2.22. The van der Waals surface area contributed by atoms with Gasteiger partial charge in [0.15, 0.2) is 0 Å². The van der Waals surface area contributed by atoms with E-state index < -0.39 is 16.0 Å². The van der Waals surface area contributed by atoms with Crippen LogP contribution in [0.2, 0.25) is 5.02 Å². The number of benzene rings is 1. The standard InChI is InChI=1S/C10H12ClNO4S/c1-2-5-12-17(15,16)9-4-3-7(10(13)14)6-8(9)11/h3-4,6,12H,2,5H2,1H3,(H,13,14). The number of nitrogens with one attached hydrogen (secondary N) is 1. The van der Waals surface area contributed by atoms with Crippen LogP contribution in [0.4, 0.5) is 0 Å². The maximum atomic E-state index is 11.8. The molecule has 7 heteroatoms. The predicted octanol–water partition coefficient (Wildman–Crippen LogP) is 1.73. The highest BCUT2D eigenvalue weighted by molar-refractivity contribution is 7.89. The second kappa shape index (κ2) is 5.48. The van der Waals surface area contributed by atoms with E-state index in [4.69, 9.17) is 16.7 Å². The van der Waals surface area contributed by atoms with Gasteiger partial charge < -0.3 is 5.11 Å². The Labute approximate surface area is 104 Å². The molecule has 2 N–H and O–H groups in total. The molecule has 0 aliphatic carbocycles. The summed E-state index contributed by atoms with van der Waals surface area (Å²) < 4.78 is 25.9.